The number of alkyl halides is 2. The molecule has 14 heavy (non-hydrogen) atoms. The average Bonchev–Trinajstić information content (AvgIpc) is 2.09. The van der Waals surface area contributed by atoms with Gasteiger partial charge in [0.05, 0.1) is 10.0 Å². The second kappa shape index (κ2) is 4.31. The average molecular weight is 269 g/mol. The summed E-state index contributed by atoms with van der Waals surface area (Å²) in [4.78, 5) is 0. The van der Waals surface area contributed by atoms with Crippen LogP contribution < -0.4 is 0 Å². The molecule has 5 heteroatoms. The van der Waals surface area contributed by atoms with Crippen LogP contribution in [-0.2, 0) is 10.7 Å². The van der Waals surface area contributed by atoms with Gasteiger partial charge in [-0.15, -0.1) is 0 Å². The Labute approximate surface area is 88.0 Å². The molecule has 0 atom stereocenters. The van der Waals surface area contributed by atoms with Gasteiger partial charge in [0.25, 0.3) is 5.92 Å². The van der Waals surface area contributed by atoms with Crippen LogP contribution in [0.1, 0.15) is 5.56 Å². The van der Waals surface area contributed by atoms with Crippen LogP contribution in [0, 0.1) is 5.82 Å². The van der Waals surface area contributed by atoms with E-state index in [9.17, 15) is 13.2 Å². The molecule has 0 aliphatic carbocycles. The number of halogens is 4. The van der Waals surface area contributed by atoms with Gasteiger partial charge in [0.1, 0.15) is 12.4 Å². The number of methoxy groups -OCH3 is 1. The lowest BCUT2D eigenvalue weighted by molar-refractivity contribution is -0.0722. The Morgan fingerprint density at radius 1 is 1.43 bits per heavy atom. The van der Waals surface area contributed by atoms with Gasteiger partial charge < -0.3 is 4.74 Å². The van der Waals surface area contributed by atoms with Crippen LogP contribution >= 0.6 is 15.9 Å². The quantitative estimate of drug-likeness (QED) is 0.817. The van der Waals surface area contributed by atoms with E-state index in [2.05, 4.69) is 20.7 Å². The lowest BCUT2D eigenvalue weighted by Crippen LogP contribution is -2.21. The number of hydrogen-bond donors (Lipinski definition) is 0. The van der Waals surface area contributed by atoms with Crippen molar-refractivity contribution in [3.8, 4) is 0 Å². The number of ether oxygens (including phenoxy) is 1. The Morgan fingerprint density at radius 3 is 2.64 bits per heavy atom. The maximum absolute atomic E-state index is 13.2. The van der Waals surface area contributed by atoms with Gasteiger partial charge in [-0.3, -0.25) is 0 Å². The van der Waals surface area contributed by atoms with Crippen molar-refractivity contribution in [2.24, 2.45) is 0 Å². The van der Waals surface area contributed by atoms with Gasteiger partial charge in [-0.25, -0.2) is 4.39 Å². The second-order valence-electron chi connectivity index (χ2n) is 2.74. The van der Waals surface area contributed by atoms with Crippen molar-refractivity contribution in [2.75, 3.05) is 13.7 Å². The van der Waals surface area contributed by atoms with Crippen molar-refractivity contribution in [3.05, 3.63) is 34.1 Å². The minimum Gasteiger partial charge on any atom is -0.378 e. The SMILES string of the molecule is COCC(F)(F)c1cccc(Br)c1F. The fraction of sp³-hybridized carbons (Fsp3) is 0.333. The second-order valence-corrected chi connectivity index (χ2v) is 3.59. The Kier molecular flexibility index (Phi) is 3.55. The fourth-order valence-electron chi connectivity index (χ4n) is 1.05. The number of rotatable bonds is 3. The molecule has 0 unspecified atom stereocenters. The fourth-order valence-corrected chi connectivity index (χ4v) is 1.41. The summed E-state index contributed by atoms with van der Waals surface area (Å²) < 4.78 is 44.0. The van der Waals surface area contributed by atoms with Crippen molar-refractivity contribution in [2.45, 2.75) is 5.92 Å². The first-order chi connectivity index (χ1) is 6.49. The normalized spacial score (nSPS) is 11.8. The lowest BCUT2D eigenvalue weighted by Gasteiger charge is -2.16. The molecule has 0 aliphatic heterocycles. The molecular formula is C9H8BrF3O. The molecule has 0 aromatic heterocycles. The molecular weight excluding hydrogens is 261 g/mol. The zero-order valence-corrected chi connectivity index (χ0v) is 8.95. The zero-order valence-electron chi connectivity index (χ0n) is 7.36. The largest absolute Gasteiger partial charge is 0.378 e. The van der Waals surface area contributed by atoms with E-state index in [1.54, 1.807) is 0 Å². The molecule has 0 saturated carbocycles. The van der Waals surface area contributed by atoms with Gasteiger partial charge in [0.2, 0.25) is 0 Å². The maximum atomic E-state index is 13.2. The maximum Gasteiger partial charge on any atom is 0.298 e. The molecule has 0 heterocycles. The Bertz CT molecular complexity index is 328. The van der Waals surface area contributed by atoms with E-state index in [0.29, 0.717) is 0 Å². The van der Waals surface area contributed by atoms with E-state index >= 15 is 0 Å². The zero-order chi connectivity index (χ0) is 10.8. The van der Waals surface area contributed by atoms with E-state index < -0.39 is 23.9 Å². The molecule has 0 bridgehead atoms. The van der Waals surface area contributed by atoms with Crippen LogP contribution in [0.2, 0.25) is 0 Å². The monoisotopic (exact) mass is 268 g/mol. The van der Waals surface area contributed by atoms with E-state index in [-0.39, 0.29) is 4.47 Å². The van der Waals surface area contributed by atoms with Gasteiger partial charge >= 0.3 is 0 Å². The Balaban J connectivity index is 3.12. The van der Waals surface area contributed by atoms with Crippen LogP contribution in [0.15, 0.2) is 22.7 Å². The first-order valence-electron chi connectivity index (χ1n) is 3.80. The smallest absolute Gasteiger partial charge is 0.298 e. The highest BCUT2D eigenvalue weighted by Crippen LogP contribution is 2.32. The Hall–Kier alpha value is -0.550. The summed E-state index contributed by atoms with van der Waals surface area (Å²) in [6, 6.07) is 3.76. The summed E-state index contributed by atoms with van der Waals surface area (Å²) in [5.41, 5.74) is -0.659. The summed E-state index contributed by atoms with van der Waals surface area (Å²) in [7, 11) is 1.14. The number of hydrogen-bond acceptors (Lipinski definition) is 1. The lowest BCUT2D eigenvalue weighted by atomic mass is 10.1. The van der Waals surface area contributed by atoms with E-state index in [0.717, 1.165) is 13.2 Å². The molecule has 0 radical (unpaired) electrons. The van der Waals surface area contributed by atoms with Crippen LogP contribution in [-0.4, -0.2) is 13.7 Å². The standard InChI is InChI=1S/C9H8BrF3O/c1-14-5-9(12,13)6-3-2-4-7(10)8(6)11/h2-4H,5H2,1H3. The first-order valence-corrected chi connectivity index (χ1v) is 4.59. The minimum atomic E-state index is -3.30. The summed E-state index contributed by atoms with van der Waals surface area (Å²) >= 11 is 2.84. The van der Waals surface area contributed by atoms with Crippen LogP contribution in [0.5, 0.6) is 0 Å². The van der Waals surface area contributed by atoms with E-state index in [4.69, 9.17) is 0 Å². The summed E-state index contributed by atoms with van der Waals surface area (Å²) in [6.45, 7) is -0.833. The molecule has 0 fully saturated rings. The molecule has 1 rings (SSSR count). The molecule has 0 spiro atoms. The van der Waals surface area contributed by atoms with Gasteiger partial charge in [-0.05, 0) is 28.1 Å². The molecule has 0 amide bonds. The molecule has 0 aliphatic rings. The van der Waals surface area contributed by atoms with E-state index in [1.807, 2.05) is 0 Å². The highest BCUT2D eigenvalue weighted by molar-refractivity contribution is 9.10. The molecule has 0 N–H and O–H groups in total. The Morgan fingerprint density at radius 2 is 2.07 bits per heavy atom. The third-order valence-corrected chi connectivity index (χ3v) is 2.28. The molecule has 0 saturated heterocycles. The van der Waals surface area contributed by atoms with Crippen LogP contribution in [0.25, 0.3) is 0 Å². The minimum absolute atomic E-state index is 0.0192. The highest BCUT2D eigenvalue weighted by atomic mass is 79.9. The third kappa shape index (κ3) is 2.27. The van der Waals surface area contributed by atoms with Gasteiger partial charge in [0, 0.05) is 7.11 Å². The van der Waals surface area contributed by atoms with Gasteiger partial charge in [-0.2, -0.15) is 8.78 Å². The van der Waals surface area contributed by atoms with Crippen molar-refractivity contribution in [1.82, 2.24) is 0 Å². The van der Waals surface area contributed by atoms with E-state index in [1.165, 1.54) is 12.1 Å². The summed E-state index contributed by atoms with van der Waals surface area (Å²) in [5.74, 6) is -4.25. The predicted octanol–water partition coefficient (Wildman–Crippen LogP) is 3.33. The van der Waals surface area contributed by atoms with Crippen molar-refractivity contribution < 1.29 is 17.9 Å². The first kappa shape index (κ1) is 11.5. The van der Waals surface area contributed by atoms with Crippen molar-refractivity contribution in [3.63, 3.8) is 0 Å². The highest BCUT2D eigenvalue weighted by Gasteiger charge is 2.35. The van der Waals surface area contributed by atoms with Crippen molar-refractivity contribution >= 4 is 15.9 Å². The topological polar surface area (TPSA) is 9.23 Å². The predicted molar refractivity (Wildman–Crippen MR) is 49.9 cm³/mol. The molecule has 1 aromatic rings. The van der Waals surface area contributed by atoms with Crippen LogP contribution in [0.3, 0.4) is 0 Å². The number of benzene rings is 1. The van der Waals surface area contributed by atoms with Crippen molar-refractivity contribution in [1.29, 1.82) is 0 Å². The third-order valence-electron chi connectivity index (χ3n) is 1.67. The molecule has 1 nitrogen and oxygen atoms in total. The van der Waals surface area contributed by atoms with Gasteiger partial charge in [0.15, 0.2) is 0 Å². The molecule has 1 aromatic carbocycles. The molecule has 78 valence electrons. The summed E-state index contributed by atoms with van der Waals surface area (Å²) in [6.07, 6.45) is 0. The van der Waals surface area contributed by atoms with Gasteiger partial charge in [-0.1, -0.05) is 6.07 Å². The van der Waals surface area contributed by atoms with Crippen LogP contribution in [0.4, 0.5) is 13.2 Å². The summed E-state index contributed by atoms with van der Waals surface area (Å²) in [5, 5.41) is 0.